The monoisotopic (exact) mass is 441 g/mol. The molecule has 5 aliphatic rings. The fraction of sp³-hybridized carbons (Fsp3) is 0.857. The molecule has 0 spiro atoms. The number of hydrogen-bond acceptors (Lipinski definition) is 3. The van der Waals surface area contributed by atoms with Gasteiger partial charge in [-0.1, -0.05) is 32.8 Å². The van der Waals surface area contributed by atoms with E-state index < -0.39 is 0 Å². The largest absolute Gasteiger partial charge is 0.466 e. The fourth-order valence-electron chi connectivity index (χ4n) is 8.98. The Balaban J connectivity index is 1.31. The van der Waals surface area contributed by atoms with Crippen molar-refractivity contribution in [1.82, 2.24) is 4.90 Å². The highest BCUT2D eigenvalue weighted by atomic mass is 16.5. The number of likely N-dealkylation sites (tertiary alicyclic amines) is 1. The van der Waals surface area contributed by atoms with Crippen LogP contribution < -0.4 is 0 Å². The van der Waals surface area contributed by atoms with E-state index in [1.54, 1.807) is 0 Å². The molecule has 0 bridgehead atoms. The van der Waals surface area contributed by atoms with E-state index >= 15 is 0 Å². The minimum atomic E-state index is -0.157. The summed E-state index contributed by atoms with van der Waals surface area (Å²) in [5.74, 6) is 3.12. The first-order valence-electron chi connectivity index (χ1n) is 13.5. The van der Waals surface area contributed by atoms with Gasteiger partial charge < -0.3 is 9.64 Å². The van der Waals surface area contributed by atoms with E-state index in [9.17, 15) is 9.59 Å². The number of amides is 1. The molecule has 4 nitrogen and oxygen atoms in total. The van der Waals surface area contributed by atoms with Gasteiger partial charge in [0.2, 0.25) is 5.91 Å². The Hall–Kier alpha value is -1.32. The van der Waals surface area contributed by atoms with Crippen molar-refractivity contribution < 1.29 is 14.3 Å². The maximum absolute atomic E-state index is 13.7. The molecular formula is C28H43NO3. The highest BCUT2D eigenvalue weighted by molar-refractivity contribution is 5.95. The molecule has 0 aromatic rings. The van der Waals surface area contributed by atoms with Crippen molar-refractivity contribution in [2.24, 2.45) is 40.4 Å². The Labute approximate surface area is 194 Å². The first-order valence-corrected chi connectivity index (χ1v) is 13.5. The third-order valence-electron chi connectivity index (χ3n) is 10.7. The van der Waals surface area contributed by atoms with Crippen molar-refractivity contribution in [3.63, 3.8) is 0 Å². The van der Waals surface area contributed by atoms with Crippen LogP contribution >= 0.6 is 0 Å². The van der Waals surface area contributed by atoms with E-state index in [0.717, 1.165) is 55.6 Å². The number of nitrogens with zero attached hydrogens (tertiary/aromatic N) is 1. The summed E-state index contributed by atoms with van der Waals surface area (Å²) in [5.41, 5.74) is 1.63. The number of allylic oxidation sites excluding steroid dienone is 1. The van der Waals surface area contributed by atoms with Crippen LogP contribution in [-0.4, -0.2) is 36.5 Å². The van der Waals surface area contributed by atoms with E-state index in [1.807, 2.05) is 11.8 Å². The highest BCUT2D eigenvalue weighted by Crippen LogP contribution is 2.66. The van der Waals surface area contributed by atoms with Crippen LogP contribution in [0.1, 0.15) is 91.4 Å². The molecule has 1 saturated heterocycles. The molecular weight excluding hydrogens is 398 g/mol. The van der Waals surface area contributed by atoms with Crippen molar-refractivity contribution in [3.8, 4) is 0 Å². The lowest BCUT2D eigenvalue weighted by molar-refractivity contribution is -0.151. The van der Waals surface area contributed by atoms with Gasteiger partial charge in [0.05, 0.1) is 12.5 Å². The van der Waals surface area contributed by atoms with Gasteiger partial charge in [0.25, 0.3) is 0 Å². The van der Waals surface area contributed by atoms with Crippen LogP contribution in [0.25, 0.3) is 0 Å². The van der Waals surface area contributed by atoms with Gasteiger partial charge >= 0.3 is 5.97 Å². The quantitative estimate of drug-likeness (QED) is 0.523. The van der Waals surface area contributed by atoms with Crippen LogP contribution in [0.15, 0.2) is 11.6 Å². The predicted octanol–water partition coefficient (Wildman–Crippen LogP) is 5.76. The summed E-state index contributed by atoms with van der Waals surface area (Å²) in [6.45, 7) is 8.59. The Morgan fingerprint density at radius 2 is 1.88 bits per heavy atom. The molecule has 32 heavy (non-hydrogen) atoms. The van der Waals surface area contributed by atoms with Crippen LogP contribution in [0, 0.1) is 40.4 Å². The summed E-state index contributed by atoms with van der Waals surface area (Å²) >= 11 is 0. The van der Waals surface area contributed by atoms with E-state index in [4.69, 9.17) is 4.74 Å². The smallest absolute Gasteiger partial charge is 0.310 e. The van der Waals surface area contributed by atoms with Crippen LogP contribution in [0.4, 0.5) is 0 Å². The standard InChI is InChI=1S/C28H43NO3/c1-4-32-26(31)19-8-7-17-29(18-19)25(30)24-13-12-22-21-11-10-20-9-5-6-15-27(20,2)23(21)14-16-28(22,24)3/h13,19-23H,4-12,14-18H2,1-3H3/t19?,20?,21-,22-,23-,27-,28-/m0/s1. The molecule has 4 fully saturated rings. The minimum absolute atomic E-state index is 0.0208. The van der Waals surface area contributed by atoms with Crippen molar-refractivity contribution in [1.29, 1.82) is 0 Å². The van der Waals surface area contributed by atoms with Crippen molar-refractivity contribution in [2.45, 2.75) is 91.4 Å². The zero-order chi connectivity index (χ0) is 22.5. The molecule has 2 unspecified atom stereocenters. The average Bonchev–Trinajstić information content (AvgIpc) is 3.15. The third-order valence-corrected chi connectivity index (χ3v) is 10.7. The highest BCUT2D eigenvalue weighted by Gasteiger charge is 2.59. The summed E-state index contributed by atoms with van der Waals surface area (Å²) in [5, 5.41) is 0. The number of carbonyl (C=O) groups is 2. The molecule has 178 valence electrons. The number of carbonyl (C=O) groups excluding carboxylic acids is 2. The second-order valence-electron chi connectivity index (χ2n) is 12.1. The Bertz CT molecular complexity index is 790. The normalized spacial score (nSPS) is 43.5. The van der Waals surface area contributed by atoms with Gasteiger partial charge in [0, 0.05) is 24.1 Å². The molecule has 1 aliphatic heterocycles. The van der Waals surface area contributed by atoms with Crippen molar-refractivity contribution >= 4 is 11.9 Å². The SMILES string of the molecule is CCOC(=O)C1CCCN(C(=O)C2=CC[C@H]3[C@@H]4CCC5CCCC[C@]5(C)[C@H]4CC[C@]23C)C1. The molecule has 1 heterocycles. The maximum Gasteiger partial charge on any atom is 0.310 e. The van der Waals surface area contributed by atoms with Gasteiger partial charge in [-0.15, -0.1) is 0 Å². The molecule has 3 saturated carbocycles. The van der Waals surface area contributed by atoms with Crippen LogP contribution in [-0.2, 0) is 14.3 Å². The topological polar surface area (TPSA) is 46.6 Å². The number of hydrogen-bond donors (Lipinski definition) is 0. The van der Waals surface area contributed by atoms with Gasteiger partial charge in [0.15, 0.2) is 0 Å². The summed E-state index contributed by atoms with van der Waals surface area (Å²) in [4.78, 5) is 28.0. The number of piperidine rings is 1. The van der Waals surface area contributed by atoms with E-state index in [0.29, 0.717) is 24.5 Å². The number of rotatable bonds is 3. The molecule has 5 rings (SSSR count). The van der Waals surface area contributed by atoms with E-state index in [-0.39, 0.29) is 23.2 Å². The Kier molecular flexibility index (Phi) is 5.95. The van der Waals surface area contributed by atoms with Crippen LogP contribution in [0.5, 0.6) is 0 Å². The first kappa shape index (κ1) is 22.5. The van der Waals surface area contributed by atoms with Gasteiger partial charge in [-0.3, -0.25) is 9.59 Å². The average molecular weight is 442 g/mol. The summed E-state index contributed by atoms with van der Waals surface area (Å²) in [6, 6.07) is 0. The van der Waals surface area contributed by atoms with Crippen LogP contribution in [0.3, 0.4) is 0 Å². The fourth-order valence-corrected chi connectivity index (χ4v) is 8.98. The van der Waals surface area contributed by atoms with E-state index in [1.165, 1.54) is 44.9 Å². The molecule has 0 aromatic carbocycles. The first-order chi connectivity index (χ1) is 15.4. The zero-order valence-corrected chi connectivity index (χ0v) is 20.5. The van der Waals surface area contributed by atoms with E-state index in [2.05, 4.69) is 19.9 Å². The van der Waals surface area contributed by atoms with Crippen LogP contribution in [0.2, 0.25) is 0 Å². The summed E-state index contributed by atoms with van der Waals surface area (Å²) in [7, 11) is 0. The minimum Gasteiger partial charge on any atom is -0.466 e. The molecule has 0 aromatic heterocycles. The molecule has 0 N–H and O–H groups in total. The third kappa shape index (κ3) is 3.46. The molecule has 4 heteroatoms. The Morgan fingerprint density at radius 1 is 1.03 bits per heavy atom. The van der Waals surface area contributed by atoms with Gasteiger partial charge in [-0.05, 0) is 93.8 Å². The van der Waals surface area contributed by atoms with Gasteiger partial charge in [-0.2, -0.15) is 0 Å². The molecule has 0 radical (unpaired) electrons. The van der Waals surface area contributed by atoms with Crippen molar-refractivity contribution in [3.05, 3.63) is 11.6 Å². The zero-order valence-electron chi connectivity index (χ0n) is 20.5. The maximum atomic E-state index is 13.7. The van der Waals surface area contributed by atoms with Gasteiger partial charge in [0.1, 0.15) is 0 Å². The second-order valence-corrected chi connectivity index (χ2v) is 12.1. The molecule has 7 atom stereocenters. The lowest BCUT2D eigenvalue weighted by atomic mass is 9.45. The predicted molar refractivity (Wildman–Crippen MR) is 126 cm³/mol. The van der Waals surface area contributed by atoms with Gasteiger partial charge in [-0.25, -0.2) is 0 Å². The molecule has 4 aliphatic carbocycles. The lowest BCUT2D eigenvalue weighted by Crippen LogP contribution is -2.53. The number of fused-ring (bicyclic) bond motifs is 5. The summed E-state index contributed by atoms with van der Waals surface area (Å²) in [6.07, 6.45) is 16.1. The number of esters is 1. The van der Waals surface area contributed by atoms with Crippen molar-refractivity contribution in [2.75, 3.05) is 19.7 Å². The molecule has 1 amide bonds. The summed E-state index contributed by atoms with van der Waals surface area (Å²) < 4.78 is 5.26. The lowest BCUT2D eigenvalue weighted by Gasteiger charge is -2.60. The Morgan fingerprint density at radius 3 is 2.69 bits per heavy atom. The second kappa shape index (κ2) is 8.47. The number of ether oxygens (including phenoxy) is 1.